The van der Waals surface area contributed by atoms with Gasteiger partial charge in [0.1, 0.15) is 5.75 Å². The molecule has 29 heavy (non-hydrogen) atoms. The predicted octanol–water partition coefficient (Wildman–Crippen LogP) is 3.72. The first-order chi connectivity index (χ1) is 14.1. The lowest BCUT2D eigenvalue weighted by Gasteiger charge is -2.19. The van der Waals surface area contributed by atoms with Gasteiger partial charge in [0.25, 0.3) is 5.89 Å². The monoisotopic (exact) mass is 392 g/mol. The van der Waals surface area contributed by atoms with Gasteiger partial charge in [-0.1, -0.05) is 17.3 Å². The molecule has 1 atom stereocenters. The van der Waals surface area contributed by atoms with E-state index in [9.17, 15) is 4.79 Å². The first-order valence-corrected chi connectivity index (χ1v) is 9.70. The van der Waals surface area contributed by atoms with Crippen LogP contribution in [0.15, 0.2) is 53.1 Å². The van der Waals surface area contributed by atoms with Crippen LogP contribution < -0.4 is 14.5 Å². The number of anilines is 2. The fraction of sp³-hybridized carbons (Fsp3) is 0.318. The van der Waals surface area contributed by atoms with Crippen molar-refractivity contribution >= 4 is 17.3 Å². The Labute approximate surface area is 169 Å². The number of carbonyl (C=O) groups is 1. The number of ether oxygens (including phenoxy) is 1. The number of benzene rings is 2. The summed E-state index contributed by atoms with van der Waals surface area (Å²) in [6.07, 6.45) is 0.346. The molecule has 0 radical (unpaired) electrons. The minimum atomic E-state index is -0.115. The second kappa shape index (κ2) is 7.95. The van der Waals surface area contributed by atoms with Crippen molar-refractivity contribution in [3.63, 3.8) is 0 Å². The Morgan fingerprint density at radius 2 is 1.93 bits per heavy atom. The third-order valence-electron chi connectivity index (χ3n) is 5.02. The quantitative estimate of drug-likeness (QED) is 0.637. The number of amides is 1. The first-order valence-electron chi connectivity index (χ1n) is 9.70. The van der Waals surface area contributed by atoms with Crippen molar-refractivity contribution in [1.29, 1.82) is 0 Å². The Hall–Kier alpha value is -3.35. The average Bonchev–Trinajstić information content (AvgIpc) is 3.36. The fourth-order valence-electron chi connectivity index (χ4n) is 3.49. The highest BCUT2D eigenvalue weighted by molar-refractivity contribution is 5.97. The second-order valence-corrected chi connectivity index (χ2v) is 7.21. The second-order valence-electron chi connectivity index (χ2n) is 7.21. The van der Waals surface area contributed by atoms with Crippen molar-refractivity contribution in [2.24, 2.45) is 0 Å². The molecule has 1 aliphatic heterocycles. The topological polar surface area (TPSA) is 71.7 Å². The van der Waals surface area contributed by atoms with E-state index in [0.29, 0.717) is 37.0 Å². The zero-order valence-electron chi connectivity index (χ0n) is 16.8. The lowest BCUT2D eigenvalue weighted by molar-refractivity contribution is -0.117. The minimum Gasteiger partial charge on any atom is -0.492 e. The molecular formula is C22H24N4O3. The van der Waals surface area contributed by atoms with Gasteiger partial charge in [0.2, 0.25) is 5.91 Å². The maximum Gasteiger partial charge on any atom is 0.257 e. The largest absolute Gasteiger partial charge is 0.492 e. The smallest absolute Gasteiger partial charge is 0.257 e. The molecule has 0 bridgehead atoms. The molecule has 4 rings (SSSR count). The van der Waals surface area contributed by atoms with E-state index >= 15 is 0 Å². The zero-order valence-corrected chi connectivity index (χ0v) is 16.8. The molecule has 1 aliphatic rings. The van der Waals surface area contributed by atoms with E-state index in [1.165, 1.54) is 0 Å². The summed E-state index contributed by atoms with van der Waals surface area (Å²) < 4.78 is 11.2. The summed E-state index contributed by atoms with van der Waals surface area (Å²) in [5.74, 6) is 1.64. The van der Waals surface area contributed by atoms with Crippen LogP contribution in [0.1, 0.15) is 25.1 Å². The Balaban J connectivity index is 1.53. The predicted molar refractivity (Wildman–Crippen MR) is 111 cm³/mol. The minimum absolute atomic E-state index is 0.0313. The summed E-state index contributed by atoms with van der Waals surface area (Å²) in [6, 6.07) is 15.5. The highest BCUT2D eigenvalue weighted by Crippen LogP contribution is 2.36. The molecule has 3 aromatic rings. The van der Waals surface area contributed by atoms with Gasteiger partial charge in [-0.3, -0.25) is 4.79 Å². The van der Waals surface area contributed by atoms with Crippen molar-refractivity contribution in [2.75, 3.05) is 37.0 Å². The molecule has 0 spiro atoms. The van der Waals surface area contributed by atoms with E-state index in [1.54, 1.807) is 4.90 Å². The first kappa shape index (κ1) is 19.0. The molecule has 0 N–H and O–H groups in total. The standard InChI is InChI=1S/C22H24N4O3/c1-4-28-19-8-6-5-7-18(19)26-14-16(13-20(26)27)21-23-22(29-24-21)15-9-11-17(12-10-15)25(2)3/h5-12,16H,4,13-14H2,1-3H3. The summed E-state index contributed by atoms with van der Waals surface area (Å²) >= 11 is 0. The Morgan fingerprint density at radius 3 is 2.66 bits per heavy atom. The summed E-state index contributed by atoms with van der Waals surface area (Å²) in [5, 5.41) is 4.15. The number of rotatable bonds is 6. The highest BCUT2D eigenvalue weighted by atomic mass is 16.5. The van der Waals surface area contributed by atoms with E-state index in [0.717, 1.165) is 16.9 Å². The van der Waals surface area contributed by atoms with Gasteiger partial charge in [0, 0.05) is 44.2 Å². The van der Waals surface area contributed by atoms with Crippen LogP contribution in [0.2, 0.25) is 0 Å². The normalized spacial score (nSPS) is 16.3. The van der Waals surface area contributed by atoms with Gasteiger partial charge in [-0.25, -0.2) is 0 Å². The number of aromatic nitrogens is 2. The number of carbonyl (C=O) groups excluding carboxylic acids is 1. The maximum absolute atomic E-state index is 12.7. The average molecular weight is 392 g/mol. The van der Waals surface area contributed by atoms with Crippen molar-refractivity contribution in [2.45, 2.75) is 19.3 Å². The van der Waals surface area contributed by atoms with Gasteiger partial charge < -0.3 is 19.1 Å². The Bertz CT molecular complexity index is 997. The molecule has 150 valence electrons. The lowest BCUT2D eigenvalue weighted by Crippen LogP contribution is -2.25. The molecule has 2 heterocycles. The molecule has 0 aliphatic carbocycles. The maximum atomic E-state index is 12.7. The Morgan fingerprint density at radius 1 is 1.17 bits per heavy atom. The van der Waals surface area contributed by atoms with E-state index in [1.807, 2.05) is 74.4 Å². The number of nitrogens with zero attached hydrogens (tertiary/aromatic N) is 4. The van der Waals surface area contributed by atoms with Crippen LogP contribution in [-0.2, 0) is 4.79 Å². The van der Waals surface area contributed by atoms with E-state index in [-0.39, 0.29) is 11.8 Å². The molecule has 1 saturated heterocycles. The van der Waals surface area contributed by atoms with Crippen molar-refractivity contribution < 1.29 is 14.1 Å². The molecule has 1 aromatic heterocycles. The van der Waals surface area contributed by atoms with Crippen LogP contribution in [0, 0.1) is 0 Å². The summed E-state index contributed by atoms with van der Waals surface area (Å²) in [6.45, 7) is 2.97. The van der Waals surface area contributed by atoms with Crippen molar-refractivity contribution in [3.8, 4) is 17.2 Å². The molecule has 0 saturated carbocycles. The molecule has 1 amide bonds. The van der Waals surface area contributed by atoms with Crippen LogP contribution >= 0.6 is 0 Å². The van der Waals surface area contributed by atoms with Gasteiger partial charge in [0.05, 0.1) is 12.3 Å². The summed E-state index contributed by atoms with van der Waals surface area (Å²) in [7, 11) is 3.98. The molecular weight excluding hydrogens is 368 g/mol. The van der Waals surface area contributed by atoms with Gasteiger partial charge >= 0.3 is 0 Å². The van der Waals surface area contributed by atoms with Crippen LogP contribution in [0.5, 0.6) is 5.75 Å². The third kappa shape index (κ3) is 3.81. The molecule has 7 nitrogen and oxygen atoms in total. The SMILES string of the molecule is CCOc1ccccc1N1CC(c2noc(-c3ccc(N(C)C)cc3)n2)CC1=O. The fourth-order valence-corrected chi connectivity index (χ4v) is 3.49. The van der Waals surface area contributed by atoms with Crippen LogP contribution in [0.25, 0.3) is 11.5 Å². The van der Waals surface area contributed by atoms with Gasteiger partial charge in [0.15, 0.2) is 5.82 Å². The van der Waals surface area contributed by atoms with Gasteiger partial charge in [-0.2, -0.15) is 4.98 Å². The zero-order chi connectivity index (χ0) is 20.4. The number of hydrogen-bond acceptors (Lipinski definition) is 6. The number of hydrogen-bond donors (Lipinski definition) is 0. The summed E-state index contributed by atoms with van der Waals surface area (Å²) in [5.41, 5.74) is 2.74. The third-order valence-corrected chi connectivity index (χ3v) is 5.02. The Kier molecular flexibility index (Phi) is 5.20. The molecule has 2 aromatic carbocycles. The molecule has 7 heteroatoms. The number of para-hydroxylation sites is 2. The van der Waals surface area contributed by atoms with Gasteiger partial charge in [-0.15, -0.1) is 0 Å². The van der Waals surface area contributed by atoms with Crippen LogP contribution in [-0.4, -0.2) is 43.3 Å². The van der Waals surface area contributed by atoms with Crippen molar-refractivity contribution in [3.05, 3.63) is 54.4 Å². The highest BCUT2D eigenvalue weighted by Gasteiger charge is 2.35. The molecule has 1 unspecified atom stereocenters. The van der Waals surface area contributed by atoms with Crippen LogP contribution in [0.4, 0.5) is 11.4 Å². The summed E-state index contributed by atoms with van der Waals surface area (Å²) in [4.78, 5) is 21.0. The van der Waals surface area contributed by atoms with E-state index < -0.39 is 0 Å². The van der Waals surface area contributed by atoms with Crippen molar-refractivity contribution in [1.82, 2.24) is 10.1 Å². The molecule has 1 fully saturated rings. The van der Waals surface area contributed by atoms with E-state index in [4.69, 9.17) is 9.26 Å². The van der Waals surface area contributed by atoms with Crippen LogP contribution in [0.3, 0.4) is 0 Å². The van der Waals surface area contributed by atoms with Gasteiger partial charge in [-0.05, 0) is 43.3 Å². The lowest BCUT2D eigenvalue weighted by atomic mass is 10.1. The van der Waals surface area contributed by atoms with E-state index in [2.05, 4.69) is 10.1 Å².